The molecule has 1 aliphatic heterocycles. The smallest absolute Gasteiger partial charge is 0.372 e. The van der Waals surface area contributed by atoms with Gasteiger partial charge in [0.25, 0.3) is 0 Å². The third-order valence-corrected chi connectivity index (χ3v) is 3.67. The van der Waals surface area contributed by atoms with Crippen LogP contribution in [0.15, 0.2) is 24.3 Å². The Bertz CT molecular complexity index is 392. The SMILES string of the molecule is CNCC1CCN(c2ccc(C(F)(F)F)cc2)CC1. The summed E-state index contributed by atoms with van der Waals surface area (Å²) < 4.78 is 37.4. The number of piperidine rings is 1. The van der Waals surface area contributed by atoms with Crippen LogP contribution in [0.2, 0.25) is 0 Å². The molecule has 0 aromatic heterocycles. The van der Waals surface area contributed by atoms with Crippen molar-refractivity contribution in [2.24, 2.45) is 5.92 Å². The summed E-state index contributed by atoms with van der Waals surface area (Å²) in [7, 11) is 1.95. The monoisotopic (exact) mass is 272 g/mol. The van der Waals surface area contributed by atoms with E-state index in [0.29, 0.717) is 5.92 Å². The Morgan fingerprint density at radius 1 is 1.16 bits per heavy atom. The standard InChI is InChI=1S/C14H19F3N2/c1-18-10-11-6-8-19(9-7-11)13-4-2-12(3-5-13)14(15,16)17/h2-5,11,18H,6-10H2,1H3. The van der Waals surface area contributed by atoms with Crippen LogP contribution in [0.4, 0.5) is 18.9 Å². The van der Waals surface area contributed by atoms with Gasteiger partial charge in [-0.1, -0.05) is 0 Å². The Balaban J connectivity index is 1.97. The van der Waals surface area contributed by atoms with E-state index in [0.717, 1.165) is 50.3 Å². The number of halogens is 3. The molecule has 1 N–H and O–H groups in total. The molecule has 0 bridgehead atoms. The van der Waals surface area contributed by atoms with Crippen LogP contribution in [0, 0.1) is 5.92 Å². The summed E-state index contributed by atoms with van der Waals surface area (Å²) in [6, 6.07) is 5.46. The molecule has 2 rings (SSSR count). The molecular formula is C14H19F3N2. The Labute approximate surface area is 111 Å². The highest BCUT2D eigenvalue weighted by Gasteiger charge is 2.30. The molecule has 0 saturated carbocycles. The molecule has 19 heavy (non-hydrogen) atoms. The van der Waals surface area contributed by atoms with Crippen molar-refractivity contribution in [3.8, 4) is 0 Å². The largest absolute Gasteiger partial charge is 0.416 e. The van der Waals surface area contributed by atoms with Crippen molar-refractivity contribution < 1.29 is 13.2 Å². The predicted molar refractivity (Wildman–Crippen MR) is 70.3 cm³/mol. The molecule has 2 nitrogen and oxygen atoms in total. The van der Waals surface area contributed by atoms with Crippen LogP contribution in [0.25, 0.3) is 0 Å². The Kier molecular flexibility index (Phi) is 4.34. The predicted octanol–water partition coefficient (Wildman–Crippen LogP) is 3.14. The number of rotatable bonds is 3. The number of nitrogens with one attached hydrogen (secondary N) is 1. The maximum Gasteiger partial charge on any atom is 0.416 e. The van der Waals surface area contributed by atoms with E-state index in [2.05, 4.69) is 10.2 Å². The second-order valence-corrected chi connectivity index (χ2v) is 5.03. The molecule has 0 spiro atoms. The Morgan fingerprint density at radius 3 is 2.21 bits per heavy atom. The van der Waals surface area contributed by atoms with E-state index in [4.69, 9.17) is 0 Å². The minimum absolute atomic E-state index is 0.582. The van der Waals surface area contributed by atoms with Crippen LogP contribution in [-0.2, 0) is 6.18 Å². The maximum atomic E-state index is 12.5. The van der Waals surface area contributed by atoms with Gasteiger partial charge in [0.2, 0.25) is 0 Å². The normalized spacial score (nSPS) is 17.8. The Morgan fingerprint density at radius 2 is 1.74 bits per heavy atom. The fourth-order valence-corrected chi connectivity index (χ4v) is 2.55. The topological polar surface area (TPSA) is 15.3 Å². The molecule has 1 aliphatic rings. The highest BCUT2D eigenvalue weighted by atomic mass is 19.4. The number of hydrogen-bond acceptors (Lipinski definition) is 2. The van der Waals surface area contributed by atoms with Crippen molar-refractivity contribution in [1.82, 2.24) is 5.32 Å². The van der Waals surface area contributed by atoms with Gasteiger partial charge in [-0.15, -0.1) is 0 Å². The number of alkyl halides is 3. The molecule has 1 aromatic carbocycles. The fourth-order valence-electron chi connectivity index (χ4n) is 2.55. The minimum atomic E-state index is -4.25. The molecule has 0 aliphatic carbocycles. The number of benzene rings is 1. The van der Waals surface area contributed by atoms with Gasteiger partial charge < -0.3 is 10.2 Å². The summed E-state index contributed by atoms with van der Waals surface area (Å²) >= 11 is 0. The molecule has 0 amide bonds. The molecule has 0 unspecified atom stereocenters. The van der Waals surface area contributed by atoms with Gasteiger partial charge in [-0.2, -0.15) is 13.2 Å². The zero-order valence-electron chi connectivity index (χ0n) is 11.0. The second kappa shape index (κ2) is 5.82. The summed E-state index contributed by atoms with van der Waals surface area (Å²) in [4.78, 5) is 2.16. The van der Waals surface area contributed by atoms with Crippen LogP contribution in [-0.4, -0.2) is 26.7 Å². The first kappa shape index (κ1) is 14.2. The van der Waals surface area contributed by atoms with Gasteiger partial charge >= 0.3 is 6.18 Å². The van der Waals surface area contributed by atoms with E-state index < -0.39 is 11.7 Å². The first-order valence-electron chi connectivity index (χ1n) is 6.57. The van der Waals surface area contributed by atoms with Crippen LogP contribution in [0.3, 0.4) is 0 Å². The van der Waals surface area contributed by atoms with E-state index in [1.807, 2.05) is 7.05 Å². The summed E-state index contributed by atoms with van der Waals surface area (Å²) in [5.74, 6) is 0.677. The summed E-state index contributed by atoms with van der Waals surface area (Å²) in [6.07, 6.45) is -2.08. The van der Waals surface area contributed by atoms with Crippen molar-refractivity contribution in [3.05, 3.63) is 29.8 Å². The molecule has 1 saturated heterocycles. The fraction of sp³-hybridized carbons (Fsp3) is 0.571. The first-order chi connectivity index (χ1) is 9.00. The molecule has 0 radical (unpaired) electrons. The van der Waals surface area contributed by atoms with Crippen molar-refractivity contribution in [2.75, 3.05) is 31.6 Å². The second-order valence-electron chi connectivity index (χ2n) is 5.03. The lowest BCUT2D eigenvalue weighted by Gasteiger charge is -2.33. The van der Waals surface area contributed by atoms with Crippen LogP contribution in [0.1, 0.15) is 18.4 Å². The highest BCUT2D eigenvalue weighted by molar-refractivity contribution is 5.48. The van der Waals surface area contributed by atoms with E-state index in [1.54, 1.807) is 12.1 Å². The molecule has 1 heterocycles. The van der Waals surface area contributed by atoms with E-state index in [9.17, 15) is 13.2 Å². The highest BCUT2D eigenvalue weighted by Crippen LogP contribution is 2.31. The molecule has 5 heteroatoms. The van der Waals surface area contributed by atoms with Gasteiger partial charge in [-0.25, -0.2) is 0 Å². The lowest BCUT2D eigenvalue weighted by Crippen LogP contribution is -2.36. The van der Waals surface area contributed by atoms with Crippen molar-refractivity contribution in [3.63, 3.8) is 0 Å². The zero-order chi connectivity index (χ0) is 13.9. The number of hydrogen-bond donors (Lipinski definition) is 1. The number of anilines is 1. The molecular weight excluding hydrogens is 253 g/mol. The Hall–Kier alpha value is -1.23. The summed E-state index contributed by atoms with van der Waals surface area (Å²) in [6.45, 7) is 2.84. The quantitative estimate of drug-likeness (QED) is 0.909. The lowest BCUT2D eigenvalue weighted by molar-refractivity contribution is -0.137. The van der Waals surface area contributed by atoms with Crippen molar-refractivity contribution >= 4 is 5.69 Å². The number of nitrogens with zero attached hydrogens (tertiary/aromatic N) is 1. The average molecular weight is 272 g/mol. The van der Waals surface area contributed by atoms with Gasteiger partial charge in [0.1, 0.15) is 0 Å². The third kappa shape index (κ3) is 3.62. The van der Waals surface area contributed by atoms with E-state index in [1.165, 1.54) is 0 Å². The maximum absolute atomic E-state index is 12.5. The average Bonchev–Trinajstić information content (AvgIpc) is 2.39. The molecule has 106 valence electrons. The summed E-state index contributed by atoms with van der Waals surface area (Å²) in [5.41, 5.74) is 0.303. The van der Waals surface area contributed by atoms with Gasteiger partial charge in [0, 0.05) is 18.8 Å². The molecule has 1 fully saturated rings. The van der Waals surface area contributed by atoms with Gasteiger partial charge in [0.15, 0.2) is 0 Å². The molecule has 1 aromatic rings. The van der Waals surface area contributed by atoms with Crippen LogP contribution in [0.5, 0.6) is 0 Å². The minimum Gasteiger partial charge on any atom is -0.372 e. The van der Waals surface area contributed by atoms with Gasteiger partial charge in [-0.05, 0) is 56.6 Å². The van der Waals surface area contributed by atoms with Crippen molar-refractivity contribution in [1.29, 1.82) is 0 Å². The van der Waals surface area contributed by atoms with Crippen LogP contribution < -0.4 is 10.2 Å². The van der Waals surface area contributed by atoms with Crippen LogP contribution >= 0.6 is 0 Å². The zero-order valence-corrected chi connectivity index (χ0v) is 11.0. The lowest BCUT2D eigenvalue weighted by atomic mass is 9.96. The van der Waals surface area contributed by atoms with Gasteiger partial charge in [-0.3, -0.25) is 0 Å². The summed E-state index contributed by atoms with van der Waals surface area (Å²) in [5, 5.41) is 3.17. The molecule has 0 atom stereocenters. The first-order valence-corrected chi connectivity index (χ1v) is 6.57. The van der Waals surface area contributed by atoms with E-state index in [-0.39, 0.29) is 0 Å². The third-order valence-electron chi connectivity index (χ3n) is 3.67. The van der Waals surface area contributed by atoms with Crippen molar-refractivity contribution in [2.45, 2.75) is 19.0 Å². The van der Waals surface area contributed by atoms with E-state index >= 15 is 0 Å². The van der Waals surface area contributed by atoms with Gasteiger partial charge in [0.05, 0.1) is 5.56 Å².